The minimum Gasteiger partial charge on any atom is -0.444 e. The Morgan fingerprint density at radius 3 is 2.48 bits per heavy atom. The van der Waals surface area contributed by atoms with Crippen LogP contribution in [0, 0.1) is 17.0 Å². The second kappa shape index (κ2) is 6.36. The molecule has 0 spiro atoms. The van der Waals surface area contributed by atoms with E-state index >= 15 is 0 Å². The molecule has 1 N–H and O–H groups in total. The molecule has 0 aliphatic heterocycles. The van der Waals surface area contributed by atoms with Gasteiger partial charge in [0.15, 0.2) is 12.2 Å². The maximum Gasteiger partial charge on any atom is 0.273 e. The van der Waals surface area contributed by atoms with Crippen LogP contribution in [0.1, 0.15) is 5.56 Å². The third-order valence-corrected chi connectivity index (χ3v) is 4.92. The zero-order valence-electron chi connectivity index (χ0n) is 13.0. The van der Waals surface area contributed by atoms with Crippen molar-refractivity contribution in [1.82, 2.24) is 4.98 Å². The number of oxazole rings is 1. The molecule has 0 bridgehead atoms. The standard InChI is InChI=1S/C16H13N3O5S/c1-11-2-7-14(8-15(11)19(20)21)25(22,23)18-13-5-3-12(4-6-13)16-9-17-10-24-16/h2-10,18H,1H3. The number of sulfonamides is 1. The summed E-state index contributed by atoms with van der Waals surface area (Å²) in [4.78, 5) is 14.0. The largest absolute Gasteiger partial charge is 0.444 e. The third kappa shape index (κ3) is 3.50. The first kappa shape index (κ1) is 16.7. The number of aryl methyl sites for hydroxylation is 1. The predicted octanol–water partition coefficient (Wildman–Crippen LogP) is 3.36. The van der Waals surface area contributed by atoms with Crippen molar-refractivity contribution < 1.29 is 17.8 Å². The highest BCUT2D eigenvalue weighted by molar-refractivity contribution is 7.92. The van der Waals surface area contributed by atoms with E-state index in [4.69, 9.17) is 4.42 Å². The smallest absolute Gasteiger partial charge is 0.273 e. The van der Waals surface area contributed by atoms with Crippen molar-refractivity contribution in [3.63, 3.8) is 0 Å². The highest BCUT2D eigenvalue weighted by Crippen LogP contribution is 2.25. The number of benzene rings is 2. The lowest BCUT2D eigenvalue weighted by molar-refractivity contribution is -0.385. The van der Waals surface area contributed by atoms with Crippen LogP contribution < -0.4 is 4.72 Å². The Hall–Kier alpha value is -3.20. The monoisotopic (exact) mass is 359 g/mol. The molecule has 0 saturated carbocycles. The molecule has 9 heteroatoms. The van der Waals surface area contributed by atoms with Gasteiger partial charge in [0.2, 0.25) is 0 Å². The van der Waals surface area contributed by atoms with Gasteiger partial charge in [-0.2, -0.15) is 0 Å². The second-order valence-corrected chi connectivity index (χ2v) is 6.94. The van der Waals surface area contributed by atoms with E-state index in [9.17, 15) is 18.5 Å². The lowest BCUT2D eigenvalue weighted by atomic mass is 10.2. The molecule has 0 unspecified atom stereocenters. The Morgan fingerprint density at radius 2 is 1.88 bits per heavy atom. The molecule has 0 aliphatic rings. The summed E-state index contributed by atoms with van der Waals surface area (Å²) in [5.74, 6) is 0.559. The average molecular weight is 359 g/mol. The van der Waals surface area contributed by atoms with Gasteiger partial charge >= 0.3 is 0 Å². The number of nitro benzene ring substituents is 1. The predicted molar refractivity (Wildman–Crippen MR) is 90.6 cm³/mol. The molecule has 128 valence electrons. The van der Waals surface area contributed by atoms with E-state index in [1.807, 2.05) is 0 Å². The number of nitro groups is 1. The van der Waals surface area contributed by atoms with Crippen LogP contribution in [-0.4, -0.2) is 18.3 Å². The van der Waals surface area contributed by atoms with Gasteiger partial charge in [-0.05, 0) is 37.3 Å². The molecule has 1 heterocycles. The van der Waals surface area contributed by atoms with Gasteiger partial charge in [0.1, 0.15) is 0 Å². The zero-order valence-corrected chi connectivity index (χ0v) is 13.9. The van der Waals surface area contributed by atoms with Crippen molar-refractivity contribution in [3.8, 4) is 11.3 Å². The fourth-order valence-corrected chi connectivity index (χ4v) is 3.31. The van der Waals surface area contributed by atoms with E-state index in [1.165, 1.54) is 18.5 Å². The molecular formula is C16H13N3O5S. The number of aromatic nitrogens is 1. The molecule has 0 fully saturated rings. The van der Waals surface area contributed by atoms with Crippen LogP contribution in [0.25, 0.3) is 11.3 Å². The zero-order chi connectivity index (χ0) is 18.0. The van der Waals surface area contributed by atoms with Crippen molar-refractivity contribution in [2.24, 2.45) is 0 Å². The van der Waals surface area contributed by atoms with Gasteiger partial charge in [-0.3, -0.25) is 14.8 Å². The molecule has 3 aromatic rings. The van der Waals surface area contributed by atoms with Gasteiger partial charge in [0.25, 0.3) is 15.7 Å². The Kier molecular flexibility index (Phi) is 4.24. The summed E-state index contributed by atoms with van der Waals surface area (Å²) in [6.07, 6.45) is 2.85. The summed E-state index contributed by atoms with van der Waals surface area (Å²) in [6.45, 7) is 1.55. The Bertz CT molecular complexity index is 1010. The normalized spacial score (nSPS) is 11.2. The van der Waals surface area contributed by atoms with E-state index in [-0.39, 0.29) is 10.6 Å². The van der Waals surface area contributed by atoms with E-state index in [0.717, 1.165) is 11.6 Å². The maximum atomic E-state index is 12.4. The molecule has 25 heavy (non-hydrogen) atoms. The first-order valence-electron chi connectivity index (χ1n) is 7.13. The second-order valence-electron chi connectivity index (χ2n) is 5.25. The minimum absolute atomic E-state index is 0.177. The molecule has 1 aromatic heterocycles. The average Bonchev–Trinajstić information content (AvgIpc) is 3.09. The van der Waals surface area contributed by atoms with Crippen LogP contribution in [0.15, 0.2) is 64.4 Å². The molecule has 8 nitrogen and oxygen atoms in total. The van der Waals surface area contributed by atoms with E-state index in [2.05, 4.69) is 9.71 Å². The van der Waals surface area contributed by atoms with Crippen molar-refractivity contribution in [3.05, 3.63) is 70.7 Å². The van der Waals surface area contributed by atoms with Crippen molar-refractivity contribution in [2.75, 3.05) is 4.72 Å². The maximum absolute atomic E-state index is 12.4. The summed E-state index contributed by atoms with van der Waals surface area (Å²) < 4.78 is 32.4. The summed E-state index contributed by atoms with van der Waals surface area (Å²) in [5.41, 5.74) is 1.21. The summed E-state index contributed by atoms with van der Waals surface area (Å²) >= 11 is 0. The highest BCUT2D eigenvalue weighted by Gasteiger charge is 2.20. The molecule has 0 aliphatic carbocycles. The molecule has 0 saturated heterocycles. The lowest BCUT2D eigenvalue weighted by Gasteiger charge is -2.09. The van der Waals surface area contributed by atoms with Crippen LogP contribution in [0.3, 0.4) is 0 Å². The lowest BCUT2D eigenvalue weighted by Crippen LogP contribution is -2.13. The first-order chi connectivity index (χ1) is 11.9. The number of hydrogen-bond acceptors (Lipinski definition) is 6. The van der Waals surface area contributed by atoms with Gasteiger partial charge in [0, 0.05) is 22.9 Å². The van der Waals surface area contributed by atoms with Crippen molar-refractivity contribution in [2.45, 2.75) is 11.8 Å². The summed E-state index contributed by atoms with van der Waals surface area (Å²) in [6, 6.07) is 10.3. The SMILES string of the molecule is Cc1ccc(S(=O)(=O)Nc2ccc(-c3cnco3)cc2)cc1[N+](=O)[O-]. The van der Waals surface area contributed by atoms with E-state index in [0.29, 0.717) is 17.0 Å². The number of hydrogen-bond donors (Lipinski definition) is 1. The number of anilines is 1. The van der Waals surface area contributed by atoms with Gasteiger partial charge in [-0.25, -0.2) is 13.4 Å². The fourth-order valence-electron chi connectivity index (χ4n) is 2.23. The van der Waals surface area contributed by atoms with Gasteiger partial charge in [-0.1, -0.05) is 6.07 Å². The molecular weight excluding hydrogens is 346 g/mol. The Morgan fingerprint density at radius 1 is 1.16 bits per heavy atom. The summed E-state index contributed by atoms with van der Waals surface area (Å²) in [7, 11) is -3.94. The van der Waals surface area contributed by atoms with E-state index < -0.39 is 14.9 Å². The molecule has 0 amide bonds. The van der Waals surface area contributed by atoms with Crippen LogP contribution >= 0.6 is 0 Å². The van der Waals surface area contributed by atoms with E-state index in [1.54, 1.807) is 37.4 Å². The van der Waals surface area contributed by atoms with Crippen LogP contribution in [0.5, 0.6) is 0 Å². The quantitative estimate of drug-likeness (QED) is 0.552. The fraction of sp³-hybridized carbons (Fsp3) is 0.0625. The topological polar surface area (TPSA) is 115 Å². The molecule has 0 atom stereocenters. The van der Waals surface area contributed by atoms with Gasteiger partial charge in [0.05, 0.1) is 16.0 Å². The number of nitrogens with one attached hydrogen (secondary N) is 1. The van der Waals surface area contributed by atoms with Crippen LogP contribution in [0.2, 0.25) is 0 Å². The van der Waals surface area contributed by atoms with Gasteiger partial charge < -0.3 is 4.42 Å². The van der Waals surface area contributed by atoms with Crippen LogP contribution in [0.4, 0.5) is 11.4 Å². The minimum atomic E-state index is -3.94. The Labute approximate surface area is 143 Å². The number of nitrogens with zero attached hydrogens (tertiary/aromatic N) is 2. The van der Waals surface area contributed by atoms with Crippen molar-refractivity contribution in [1.29, 1.82) is 0 Å². The Balaban J connectivity index is 1.86. The first-order valence-corrected chi connectivity index (χ1v) is 8.62. The van der Waals surface area contributed by atoms with Crippen molar-refractivity contribution >= 4 is 21.4 Å². The highest BCUT2D eigenvalue weighted by atomic mass is 32.2. The van der Waals surface area contributed by atoms with Crippen LogP contribution in [-0.2, 0) is 10.0 Å². The van der Waals surface area contributed by atoms with Gasteiger partial charge in [-0.15, -0.1) is 0 Å². The third-order valence-electron chi connectivity index (χ3n) is 3.54. The molecule has 0 radical (unpaired) electrons. The molecule has 2 aromatic carbocycles. The molecule has 3 rings (SSSR count). The summed E-state index contributed by atoms with van der Waals surface area (Å²) in [5, 5.41) is 11.0. The number of rotatable bonds is 5.